The number of ether oxygens (including phenoxy) is 1. The van der Waals surface area contributed by atoms with Gasteiger partial charge in [0, 0.05) is 17.7 Å². The lowest BCUT2D eigenvalue weighted by Gasteiger charge is -2.50. The van der Waals surface area contributed by atoms with Crippen molar-refractivity contribution in [3.8, 4) is 0 Å². The molecule has 0 spiro atoms. The molecular weight excluding hydrogens is 272 g/mol. The highest BCUT2D eigenvalue weighted by molar-refractivity contribution is 9.09. The molecule has 0 aliphatic heterocycles. The molecule has 1 aliphatic carbocycles. The van der Waals surface area contributed by atoms with Crippen LogP contribution in [0.3, 0.4) is 0 Å². The second-order valence-electron chi connectivity index (χ2n) is 5.54. The minimum atomic E-state index is -0.761. The minimum Gasteiger partial charge on any atom is -0.465 e. The number of halogens is 1. The van der Waals surface area contributed by atoms with Gasteiger partial charge in [-0.3, -0.25) is 4.79 Å². The second kappa shape index (κ2) is 4.65. The highest BCUT2D eigenvalue weighted by atomic mass is 79.9. The van der Waals surface area contributed by atoms with Crippen molar-refractivity contribution in [1.29, 1.82) is 0 Å². The molecule has 0 aromatic rings. The van der Waals surface area contributed by atoms with Crippen molar-refractivity contribution in [3.63, 3.8) is 0 Å². The van der Waals surface area contributed by atoms with Crippen LogP contribution in [0.1, 0.15) is 40.5 Å². The van der Waals surface area contributed by atoms with Crippen LogP contribution in [0.15, 0.2) is 0 Å². The minimum absolute atomic E-state index is 0.0398. The zero-order chi connectivity index (χ0) is 12.6. The van der Waals surface area contributed by atoms with Gasteiger partial charge in [-0.1, -0.05) is 29.8 Å². The third-order valence-electron chi connectivity index (χ3n) is 3.81. The highest BCUT2D eigenvalue weighted by Crippen LogP contribution is 2.49. The summed E-state index contributed by atoms with van der Waals surface area (Å²) < 4.78 is 5.08. The van der Waals surface area contributed by atoms with E-state index in [4.69, 9.17) is 4.74 Å². The first-order valence-electron chi connectivity index (χ1n) is 5.67. The molecule has 0 radical (unpaired) electrons. The highest BCUT2D eigenvalue weighted by Gasteiger charge is 2.50. The summed E-state index contributed by atoms with van der Waals surface area (Å²) in [6.45, 7) is 7.73. The molecule has 1 aliphatic rings. The van der Waals surface area contributed by atoms with Crippen LogP contribution in [0.4, 0.5) is 0 Å². The van der Waals surface area contributed by atoms with E-state index in [2.05, 4.69) is 29.8 Å². The molecule has 0 bridgehead atoms. The van der Waals surface area contributed by atoms with Crippen LogP contribution >= 0.6 is 15.9 Å². The van der Waals surface area contributed by atoms with E-state index in [9.17, 15) is 9.90 Å². The van der Waals surface area contributed by atoms with E-state index in [0.29, 0.717) is 4.83 Å². The Kier molecular flexibility index (Phi) is 4.06. The van der Waals surface area contributed by atoms with Gasteiger partial charge < -0.3 is 9.84 Å². The molecule has 1 N–H and O–H groups in total. The van der Waals surface area contributed by atoms with E-state index in [1.54, 1.807) is 0 Å². The van der Waals surface area contributed by atoms with E-state index in [1.165, 1.54) is 6.92 Å². The Bertz CT molecular complexity index is 273. The first-order chi connectivity index (χ1) is 7.18. The monoisotopic (exact) mass is 292 g/mol. The Hall–Kier alpha value is -0.0900. The molecule has 3 nitrogen and oxygen atoms in total. The van der Waals surface area contributed by atoms with Gasteiger partial charge in [0.2, 0.25) is 0 Å². The van der Waals surface area contributed by atoms with Gasteiger partial charge in [-0.25, -0.2) is 0 Å². The molecule has 3 atom stereocenters. The largest absolute Gasteiger partial charge is 0.465 e. The lowest BCUT2D eigenvalue weighted by atomic mass is 9.62. The third-order valence-corrected chi connectivity index (χ3v) is 5.45. The summed E-state index contributed by atoms with van der Waals surface area (Å²) in [5.41, 5.74) is -0.847. The Morgan fingerprint density at radius 1 is 1.50 bits per heavy atom. The number of carbonyl (C=O) groups is 1. The van der Waals surface area contributed by atoms with E-state index < -0.39 is 5.60 Å². The quantitative estimate of drug-likeness (QED) is 0.628. The average molecular weight is 293 g/mol. The Morgan fingerprint density at radius 3 is 2.56 bits per heavy atom. The second-order valence-corrected chi connectivity index (χ2v) is 6.65. The summed E-state index contributed by atoms with van der Waals surface area (Å²) in [5.74, 6) is -0.328. The normalized spacial score (nSPS) is 38.1. The summed E-state index contributed by atoms with van der Waals surface area (Å²) in [6.07, 6.45) is 1.68. The van der Waals surface area contributed by atoms with Crippen LogP contribution in [0, 0.1) is 11.3 Å². The summed E-state index contributed by atoms with van der Waals surface area (Å²) in [6, 6.07) is 0. The lowest BCUT2D eigenvalue weighted by Crippen LogP contribution is -2.53. The molecule has 0 aromatic carbocycles. The van der Waals surface area contributed by atoms with Gasteiger partial charge in [0.05, 0.1) is 12.2 Å². The molecule has 1 rings (SSSR count). The predicted molar refractivity (Wildman–Crippen MR) is 66.5 cm³/mol. The third kappa shape index (κ3) is 2.77. The molecule has 0 amide bonds. The molecule has 0 aromatic heterocycles. The summed E-state index contributed by atoms with van der Waals surface area (Å²) in [4.78, 5) is 11.2. The van der Waals surface area contributed by atoms with Gasteiger partial charge in [0.25, 0.3) is 0 Å². The number of aliphatic hydroxyl groups is 1. The van der Waals surface area contributed by atoms with Crippen LogP contribution in [0.2, 0.25) is 0 Å². The standard InChI is InChI=1S/C12H21BrO3/c1-8(14)16-7-9-11(2,3)10(13)5-6-12(9,4)15/h9-10,15H,5-7H2,1-4H3/t9-,10-,12-/m1/s1. The summed E-state index contributed by atoms with van der Waals surface area (Å²) in [7, 11) is 0. The lowest BCUT2D eigenvalue weighted by molar-refractivity contribution is -0.153. The first kappa shape index (κ1) is 14.0. The van der Waals surface area contributed by atoms with E-state index in [0.717, 1.165) is 12.8 Å². The Balaban J connectivity index is 2.83. The van der Waals surface area contributed by atoms with Gasteiger partial charge in [-0.15, -0.1) is 0 Å². The SMILES string of the molecule is CC(=O)OC[C@@H]1C(C)(C)[C@H](Br)CC[C@@]1(C)O. The number of esters is 1. The molecule has 0 unspecified atom stereocenters. The number of alkyl halides is 1. The van der Waals surface area contributed by atoms with Crippen LogP contribution < -0.4 is 0 Å². The van der Waals surface area contributed by atoms with Crippen molar-refractivity contribution in [1.82, 2.24) is 0 Å². The number of rotatable bonds is 2. The maximum Gasteiger partial charge on any atom is 0.302 e. The molecule has 0 heterocycles. The molecule has 16 heavy (non-hydrogen) atoms. The van der Waals surface area contributed by atoms with Crippen LogP contribution in [0.5, 0.6) is 0 Å². The summed E-state index contributed by atoms with van der Waals surface area (Å²) in [5, 5.41) is 10.4. The van der Waals surface area contributed by atoms with Crippen molar-refractivity contribution in [3.05, 3.63) is 0 Å². The maximum absolute atomic E-state index is 10.9. The van der Waals surface area contributed by atoms with Gasteiger partial charge in [0.1, 0.15) is 0 Å². The number of hydrogen-bond acceptors (Lipinski definition) is 3. The van der Waals surface area contributed by atoms with Crippen LogP contribution in [-0.2, 0) is 9.53 Å². The van der Waals surface area contributed by atoms with Gasteiger partial charge in [-0.05, 0) is 25.2 Å². The topological polar surface area (TPSA) is 46.5 Å². The molecular formula is C12H21BrO3. The zero-order valence-electron chi connectivity index (χ0n) is 10.4. The molecule has 4 heteroatoms. The van der Waals surface area contributed by atoms with E-state index in [-0.39, 0.29) is 23.9 Å². The van der Waals surface area contributed by atoms with Crippen molar-refractivity contribution >= 4 is 21.9 Å². The Labute approximate surface area is 106 Å². The van der Waals surface area contributed by atoms with Crippen molar-refractivity contribution < 1.29 is 14.6 Å². The molecule has 1 saturated carbocycles. The number of hydrogen-bond donors (Lipinski definition) is 1. The molecule has 94 valence electrons. The number of carbonyl (C=O) groups excluding carboxylic acids is 1. The average Bonchev–Trinajstić information content (AvgIpc) is 2.11. The molecule has 1 fully saturated rings. The van der Waals surface area contributed by atoms with Crippen LogP contribution in [0.25, 0.3) is 0 Å². The van der Waals surface area contributed by atoms with E-state index >= 15 is 0 Å². The predicted octanol–water partition coefficient (Wildman–Crippen LogP) is 2.50. The fourth-order valence-electron chi connectivity index (χ4n) is 2.58. The van der Waals surface area contributed by atoms with Crippen molar-refractivity contribution in [2.24, 2.45) is 11.3 Å². The zero-order valence-corrected chi connectivity index (χ0v) is 12.0. The first-order valence-corrected chi connectivity index (χ1v) is 6.59. The van der Waals surface area contributed by atoms with Crippen molar-refractivity contribution in [2.45, 2.75) is 51.0 Å². The van der Waals surface area contributed by atoms with Gasteiger partial charge >= 0.3 is 5.97 Å². The Morgan fingerprint density at radius 2 is 2.06 bits per heavy atom. The maximum atomic E-state index is 10.9. The fraction of sp³-hybridized carbons (Fsp3) is 0.917. The fourth-order valence-corrected chi connectivity index (χ4v) is 3.13. The smallest absolute Gasteiger partial charge is 0.302 e. The van der Waals surface area contributed by atoms with Gasteiger partial charge in [0.15, 0.2) is 0 Å². The van der Waals surface area contributed by atoms with Crippen molar-refractivity contribution in [2.75, 3.05) is 6.61 Å². The van der Waals surface area contributed by atoms with Gasteiger partial charge in [-0.2, -0.15) is 0 Å². The van der Waals surface area contributed by atoms with Crippen LogP contribution in [-0.4, -0.2) is 28.1 Å². The van der Waals surface area contributed by atoms with E-state index in [1.807, 2.05) is 6.92 Å². The molecule has 0 saturated heterocycles. The summed E-state index contributed by atoms with van der Waals surface area (Å²) >= 11 is 3.66.